The Bertz CT molecular complexity index is 347. The average Bonchev–Trinajstić information content (AvgIpc) is 2.17. The van der Waals surface area contributed by atoms with Crippen molar-refractivity contribution in [2.24, 2.45) is 13.0 Å². The number of carbonyl (C=O) groups is 1. The lowest BCUT2D eigenvalue weighted by molar-refractivity contribution is -0.671. The smallest absolute Gasteiger partial charge is 0.257 e. The fourth-order valence-corrected chi connectivity index (χ4v) is 1.18. The van der Waals surface area contributed by atoms with Crippen molar-refractivity contribution in [2.75, 3.05) is 0 Å². The van der Waals surface area contributed by atoms with Crippen molar-refractivity contribution in [1.82, 2.24) is 5.32 Å². The summed E-state index contributed by atoms with van der Waals surface area (Å²) in [5.41, 5.74) is 0.701. The van der Waals surface area contributed by atoms with Gasteiger partial charge in [-0.3, -0.25) is 4.79 Å². The van der Waals surface area contributed by atoms with E-state index in [1.165, 1.54) is 0 Å². The number of hydrogen-bond donors (Lipinski definition) is 1. The van der Waals surface area contributed by atoms with Gasteiger partial charge in [0.05, 0.1) is 0 Å². The second kappa shape index (κ2) is 4.91. The molecule has 0 aliphatic heterocycles. The molecule has 1 aromatic rings. The summed E-state index contributed by atoms with van der Waals surface area (Å²) >= 11 is 0. The largest absolute Gasteiger partial charge is 0.349 e. The van der Waals surface area contributed by atoms with Crippen LogP contribution in [0, 0.1) is 5.92 Å². The summed E-state index contributed by atoms with van der Waals surface area (Å²) in [6, 6.07) is 3.89. The van der Waals surface area contributed by atoms with Crippen LogP contribution in [0.2, 0.25) is 0 Å². The van der Waals surface area contributed by atoms with Crippen molar-refractivity contribution in [3.8, 4) is 0 Å². The summed E-state index contributed by atoms with van der Waals surface area (Å²) in [5, 5.41) is 2.97. The molecule has 1 aromatic heterocycles. The SMILES string of the molecule is CC(C)[C@@H](C)NC(=O)c1ccc[n+](C)c1. The maximum atomic E-state index is 11.8. The van der Waals surface area contributed by atoms with Crippen LogP contribution in [-0.4, -0.2) is 11.9 Å². The van der Waals surface area contributed by atoms with Crippen LogP contribution in [0.3, 0.4) is 0 Å². The van der Waals surface area contributed by atoms with Gasteiger partial charge in [-0.05, 0) is 18.9 Å². The van der Waals surface area contributed by atoms with E-state index in [-0.39, 0.29) is 11.9 Å². The molecule has 0 radical (unpaired) electrons. The minimum Gasteiger partial charge on any atom is -0.349 e. The fraction of sp³-hybridized carbons (Fsp3) is 0.500. The van der Waals surface area contributed by atoms with Crippen LogP contribution in [0.15, 0.2) is 24.5 Å². The Morgan fingerprint density at radius 1 is 1.40 bits per heavy atom. The Morgan fingerprint density at radius 2 is 2.07 bits per heavy atom. The number of rotatable bonds is 3. The zero-order chi connectivity index (χ0) is 11.4. The predicted octanol–water partition coefficient (Wildman–Crippen LogP) is 1.29. The van der Waals surface area contributed by atoms with Crippen LogP contribution in [0.1, 0.15) is 31.1 Å². The number of nitrogens with one attached hydrogen (secondary N) is 1. The van der Waals surface area contributed by atoms with E-state index in [2.05, 4.69) is 19.2 Å². The third-order valence-electron chi connectivity index (χ3n) is 2.56. The van der Waals surface area contributed by atoms with E-state index in [0.29, 0.717) is 11.5 Å². The Balaban J connectivity index is 2.69. The van der Waals surface area contributed by atoms with Crippen molar-refractivity contribution in [3.05, 3.63) is 30.1 Å². The molecule has 0 aliphatic rings. The lowest BCUT2D eigenvalue weighted by atomic mass is 10.1. The first-order valence-corrected chi connectivity index (χ1v) is 5.27. The summed E-state index contributed by atoms with van der Waals surface area (Å²) in [6.45, 7) is 6.21. The number of carbonyl (C=O) groups excluding carboxylic acids is 1. The predicted molar refractivity (Wildman–Crippen MR) is 59.4 cm³/mol. The van der Waals surface area contributed by atoms with Gasteiger partial charge < -0.3 is 5.32 Å². The summed E-state index contributed by atoms with van der Waals surface area (Å²) in [5.74, 6) is 0.443. The van der Waals surface area contributed by atoms with Crippen molar-refractivity contribution in [3.63, 3.8) is 0 Å². The molecule has 0 spiro atoms. The molecule has 0 bridgehead atoms. The zero-order valence-electron chi connectivity index (χ0n) is 9.82. The molecule has 1 rings (SSSR count). The van der Waals surface area contributed by atoms with Gasteiger partial charge in [0, 0.05) is 12.1 Å². The quantitative estimate of drug-likeness (QED) is 0.744. The van der Waals surface area contributed by atoms with Crippen molar-refractivity contribution >= 4 is 5.91 Å². The van der Waals surface area contributed by atoms with Crippen molar-refractivity contribution in [1.29, 1.82) is 0 Å². The highest BCUT2D eigenvalue weighted by molar-refractivity contribution is 5.93. The number of amides is 1. The van der Waals surface area contributed by atoms with E-state index in [1.54, 1.807) is 0 Å². The molecular formula is C12H19N2O+. The normalized spacial score (nSPS) is 12.6. The molecule has 0 saturated heterocycles. The molecule has 0 aliphatic carbocycles. The Morgan fingerprint density at radius 3 is 2.60 bits per heavy atom. The van der Waals surface area contributed by atoms with Crippen LogP contribution in [-0.2, 0) is 7.05 Å². The van der Waals surface area contributed by atoms with Crippen LogP contribution in [0.4, 0.5) is 0 Å². The monoisotopic (exact) mass is 207 g/mol. The molecule has 3 nitrogen and oxygen atoms in total. The van der Waals surface area contributed by atoms with E-state index in [1.807, 2.05) is 43.1 Å². The molecule has 15 heavy (non-hydrogen) atoms. The molecule has 1 amide bonds. The Hall–Kier alpha value is -1.38. The van der Waals surface area contributed by atoms with E-state index in [0.717, 1.165) is 0 Å². The number of nitrogens with zero attached hydrogens (tertiary/aromatic N) is 1. The van der Waals surface area contributed by atoms with Crippen LogP contribution < -0.4 is 9.88 Å². The van der Waals surface area contributed by atoms with Gasteiger partial charge >= 0.3 is 0 Å². The first-order chi connectivity index (χ1) is 7.00. The van der Waals surface area contributed by atoms with Crippen LogP contribution in [0.5, 0.6) is 0 Å². The van der Waals surface area contributed by atoms with Crippen molar-refractivity contribution in [2.45, 2.75) is 26.8 Å². The Labute approximate surface area is 91.1 Å². The highest BCUT2D eigenvalue weighted by Crippen LogP contribution is 2.02. The summed E-state index contributed by atoms with van der Waals surface area (Å²) in [4.78, 5) is 11.8. The first-order valence-electron chi connectivity index (χ1n) is 5.27. The molecule has 1 heterocycles. The molecule has 0 fully saturated rings. The fourth-order valence-electron chi connectivity index (χ4n) is 1.18. The van der Waals surface area contributed by atoms with Crippen LogP contribution >= 0.6 is 0 Å². The minimum absolute atomic E-state index is 0.00704. The van der Waals surface area contributed by atoms with Gasteiger partial charge in [0.1, 0.15) is 12.6 Å². The molecule has 1 N–H and O–H groups in total. The standard InChI is InChI=1S/C12H18N2O/c1-9(2)10(3)13-12(15)11-6-5-7-14(4)8-11/h5-10H,1-4H3/p+1/t10-/m1/s1. The molecular weight excluding hydrogens is 188 g/mol. The highest BCUT2D eigenvalue weighted by Gasteiger charge is 2.13. The lowest BCUT2D eigenvalue weighted by Gasteiger charge is -2.16. The topological polar surface area (TPSA) is 33.0 Å². The molecule has 1 atom stereocenters. The van der Waals surface area contributed by atoms with E-state index in [4.69, 9.17) is 0 Å². The number of aromatic nitrogens is 1. The van der Waals surface area contributed by atoms with Gasteiger partial charge in [0.15, 0.2) is 12.4 Å². The van der Waals surface area contributed by atoms with E-state index < -0.39 is 0 Å². The summed E-state index contributed by atoms with van der Waals surface area (Å²) < 4.78 is 1.87. The highest BCUT2D eigenvalue weighted by atomic mass is 16.1. The first kappa shape index (κ1) is 11.7. The van der Waals surface area contributed by atoms with E-state index in [9.17, 15) is 4.79 Å². The second-order valence-electron chi connectivity index (χ2n) is 4.26. The van der Waals surface area contributed by atoms with Crippen molar-refractivity contribution < 1.29 is 9.36 Å². The van der Waals surface area contributed by atoms with Gasteiger partial charge in [-0.15, -0.1) is 0 Å². The van der Waals surface area contributed by atoms with Gasteiger partial charge in [-0.2, -0.15) is 0 Å². The Kier molecular flexibility index (Phi) is 3.83. The van der Waals surface area contributed by atoms with Crippen LogP contribution in [0.25, 0.3) is 0 Å². The van der Waals surface area contributed by atoms with Gasteiger partial charge in [0.25, 0.3) is 5.91 Å². The lowest BCUT2D eigenvalue weighted by Crippen LogP contribution is -2.37. The average molecular weight is 207 g/mol. The molecule has 0 aromatic carbocycles. The summed E-state index contributed by atoms with van der Waals surface area (Å²) in [6.07, 6.45) is 3.73. The zero-order valence-corrected chi connectivity index (χ0v) is 9.82. The number of hydrogen-bond acceptors (Lipinski definition) is 1. The third kappa shape index (κ3) is 3.35. The third-order valence-corrected chi connectivity index (χ3v) is 2.56. The minimum atomic E-state index is -0.00704. The van der Waals surface area contributed by atoms with E-state index >= 15 is 0 Å². The number of pyridine rings is 1. The van der Waals surface area contributed by atoms with Gasteiger partial charge in [-0.1, -0.05) is 13.8 Å². The molecule has 3 heteroatoms. The molecule has 82 valence electrons. The summed E-state index contributed by atoms with van der Waals surface area (Å²) in [7, 11) is 1.91. The van der Waals surface area contributed by atoms with Gasteiger partial charge in [-0.25, -0.2) is 4.57 Å². The van der Waals surface area contributed by atoms with Gasteiger partial charge in [0.2, 0.25) is 0 Å². The molecule has 0 unspecified atom stereocenters. The second-order valence-corrected chi connectivity index (χ2v) is 4.26. The number of aryl methyl sites for hydroxylation is 1. The molecule has 0 saturated carbocycles. The maximum Gasteiger partial charge on any atom is 0.257 e. The maximum absolute atomic E-state index is 11.8.